The largest absolute Gasteiger partial charge is 0.310 e. The van der Waals surface area contributed by atoms with E-state index in [0.717, 1.165) is 18.4 Å². The summed E-state index contributed by atoms with van der Waals surface area (Å²) in [6.45, 7) is 7.06. The van der Waals surface area contributed by atoms with Crippen LogP contribution in [0, 0.1) is 17.6 Å². The average Bonchev–Trinajstić information content (AvgIpc) is 2.32. The highest BCUT2D eigenvalue weighted by Gasteiger charge is 2.12. The summed E-state index contributed by atoms with van der Waals surface area (Å²) in [4.78, 5) is 0. The van der Waals surface area contributed by atoms with E-state index in [9.17, 15) is 8.78 Å². The van der Waals surface area contributed by atoms with Crippen LogP contribution in [0.15, 0.2) is 18.2 Å². The van der Waals surface area contributed by atoms with E-state index in [2.05, 4.69) is 26.1 Å². The predicted molar refractivity (Wildman–Crippen MR) is 66.7 cm³/mol. The summed E-state index contributed by atoms with van der Waals surface area (Å²) in [5.74, 6) is -0.943. The van der Waals surface area contributed by atoms with Crippen LogP contribution in [-0.4, -0.2) is 6.04 Å². The Hall–Kier alpha value is -0.960. The molecule has 0 saturated carbocycles. The lowest BCUT2D eigenvalue weighted by Gasteiger charge is -2.22. The van der Waals surface area contributed by atoms with Gasteiger partial charge in [-0.3, -0.25) is 0 Å². The van der Waals surface area contributed by atoms with Gasteiger partial charge in [-0.15, -0.1) is 0 Å². The minimum atomic E-state index is -0.790. The van der Waals surface area contributed by atoms with E-state index < -0.39 is 11.6 Å². The fourth-order valence-corrected chi connectivity index (χ4v) is 2.09. The normalized spacial score (nSPS) is 13.1. The number of benzene rings is 1. The van der Waals surface area contributed by atoms with Crippen LogP contribution in [0.4, 0.5) is 8.78 Å². The van der Waals surface area contributed by atoms with Gasteiger partial charge in [0.05, 0.1) is 0 Å². The number of hydrogen-bond acceptors (Lipinski definition) is 1. The third-order valence-corrected chi connectivity index (χ3v) is 3.37. The maximum atomic E-state index is 13.0. The van der Waals surface area contributed by atoms with Crippen molar-refractivity contribution in [3.05, 3.63) is 35.4 Å². The van der Waals surface area contributed by atoms with Crippen molar-refractivity contribution < 1.29 is 8.78 Å². The first-order chi connectivity index (χ1) is 8.08. The van der Waals surface area contributed by atoms with E-state index in [1.807, 2.05) is 0 Å². The number of halogens is 2. The lowest BCUT2D eigenvalue weighted by molar-refractivity contribution is 0.352. The van der Waals surface area contributed by atoms with Gasteiger partial charge >= 0.3 is 0 Å². The Morgan fingerprint density at radius 3 is 2.29 bits per heavy atom. The summed E-state index contributed by atoms with van der Waals surface area (Å²) in [5, 5.41) is 3.36. The van der Waals surface area contributed by atoms with Gasteiger partial charge in [0.1, 0.15) is 0 Å². The van der Waals surface area contributed by atoms with E-state index in [4.69, 9.17) is 0 Å². The molecule has 1 aromatic carbocycles. The highest BCUT2D eigenvalue weighted by Crippen LogP contribution is 2.14. The molecule has 3 heteroatoms. The van der Waals surface area contributed by atoms with Crippen LogP contribution in [0.1, 0.15) is 39.2 Å². The third kappa shape index (κ3) is 4.08. The maximum absolute atomic E-state index is 13.0. The van der Waals surface area contributed by atoms with E-state index in [0.29, 0.717) is 18.5 Å². The minimum absolute atomic E-state index is 0.387. The predicted octanol–water partition coefficient (Wildman–Crippen LogP) is 3.88. The molecule has 0 heterocycles. The quantitative estimate of drug-likeness (QED) is 0.797. The second-order valence-electron chi connectivity index (χ2n) is 4.49. The summed E-state index contributed by atoms with van der Waals surface area (Å²) in [5.41, 5.74) is 0.779. The SMILES string of the molecule is CCC(CC)C(C)NCc1ccc(F)c(F)c1. The molecule has 1 rings (SSSR count). The fourth-order valence-electron chi connectivity index (χ4n) is 2.09. The van der Waals surface area contributed by atoms with Crippen molar-refractivity contribution in [2.75, 3.05) is 0 Å². The molecule has 0 bridgehead atoms. The zero-order valence-electron chi connectivity index (χ0n) is 10.8. The zero-order chi connectivity index (χ0) is 12.8. The lowest BCUT2D eigenvalue weighted by atomic mass is 9.95. The summed E-state index contributed by atoms with van der Waals surface area (Å²) in [7, 11) is 0. The van der Waals surface area contributed by atoms with Crippen LogP contribution >= 0.6 is 0 Å². The van der Waals surface area contributed by atoms with E-state index in [-0.39, 0.29) is 0 Å². The van der Waals surface area contributed by atoms with E-state index in [1.165, 1.54) is 12.1 Å². The molecule has 1 nitrogen and oxygen atoms in total. The van der Waals surface area contributed by atoms with Crippen LogP contribution in [-0.2, 0) is 6.54 Å². The smallest absolute Gasteiger partial charge is 0.159 e. The van der Waals surface area contributed by atoms with Gasteiger partial charge in [-0.2, -0.15) is 0 Å². The van der Waals surface area contributed by atoms with Crippen molar-refractivity contribution in [1.82, 2.24) is 5.32 Å². The molecule has 1 unspecified atom stereocenters. The van der Waals surface area contributed by atoms with E-state index in [1.54, 1.807) is 6.07 Å². The van der Waals surface area contributed by atoms with Gasteiger partial charge < -0.3 is 5.32 Å². The lowest BCUT2D eigenvalue weighted by Crippen LogP contribution is -2.32. The molecule has 0 aliphatic heterocycles. The maximum Gasteiger partial charge on any atom is 0.159 e. The first-order valence-corrected chi connectivity index (χ1v) is 6.25. The Balaban J connectivity index is 2.52. The molecular formula is C14H21F2N. The van der Waals surface area contributed by atoms with Crippen LogP contribution in [0.2, 0.25) is 0 Å². The molecule has 0 aliphatic rings. The Morgan fingerprint density at radius 1 is 1.12 bits per heavy atom. The molecule has 0 amide bonds. The van der Waals surface area contributed by atoms with Gasteiger partial charge in [-0.1, -0.05) is 32.8 Å². The van der Waals surface area contributed by atoms with Crippen LogP contribution < -0.4 is 5.32 Å². The van der Waals surface area contributed by atoms with Crippen molar-refractivity contribution in [3.63, 3.8) is 0 Å². The summed E-state index contributed by atoms with van der Waals surface area (Å²) in [6, 6.07) is 4.43. The first kappa shape index (κ1) is 14.1. The molecule has 1 aromatic rings. The third-order valence-electron chi connectivity index (χ3n) is 3.37. The van der Waals surface area contributed by atoms with Crippen molar-refractivity contribution in [2.45, 2.75) is 46.2 Å². The standard InChI is InChI=1S/C14H21F2N/c1-4-12(5-2)10(3)17-9-11-6-7-13(15)14(16)8-11/h6-8,10,12,17H,4-5,9H2,1-3H3. The fraction of sp³-hybridized carbons (Fsp3) is 0.571. The van der Waals surface area contributed by atoms with Gasteiger partial charge in [0, 0.05) is 12.6 Å². The number of hydrogen-bond donors (Lipinski definition) is 1. The molecule has 0 radical (unpaired) electrons. The van der Waals surface area contributed by atoms with Gasteiger partial charge in [-0.25, -0.2) is 8.78 Å². The molecule has 96 valence electrons. The monoisotopic (exact) mass is 241 g/mol. The molecule has 0 fully saturated rings. The molecular weight excluding hydrogens is 220 g/mol. The van der Waals surface area contributed by atoms with Crippen molar-refractivity contribution in [2.24, 2.45) is 5.92 Å². The minimum Gasteiger partial charge on any atom is -0.310 e. The van der Waals surface area contributed by atoms with Gasteiger partial charge in [-0.05, 0) is 30.5 Å². The molecule has 0 saturated heterocycles. The molecule has 0 aromatic heterocycles. The topological polar surface area (TPSA) is 12.0 Å². The molecule has 1 N–H and O–H groups in total. The summed E-state index contributed by atoms with van der Waals surface area (Å²) >= 11 is 0. The highest BCUT2D eigenvalue weighted by atomic mass is 19.2. The molecule has 17 heavy (non-hydrogen) atoms. The second kappa shape index (κ2) is 6.70. The molecule has 0 spiro atoms. The van der Waals surface area contributed by atoms with Crippen molar-refractivity contribution in [1.29, 1.82) is 0 Å². The second-order valence-corrected chi connectivity index (χ2v) is 4.49. The highest BCUT2D eigenvalue weighted by molar-refractivity contribution is 5.17. The Bertz CT molecular complexity index is 348. The average molecular weight is 241 g/mol. The van der Waals surface area contributed by atoms with Crippen LogP contribution in [0.5, 0.6) is 0 Å². The number of rotatable bonds is 6. The van der Waals surface area contributed by atoms with Crippen LogP contribution in [0.25, 0.3) is 0 Å². The van der Waals surface area contributed by atoms with E-state index >= 15 is 0 Å². The Morgan fingerprint density at radius 2 is 1.76 bits per heavy atom. The van der Waals surface area contributed by atoms with Gasteiger partial charge in [0.25, 0.3) is 0 Å². The van der Waals surface area contributed by atoms with Gasteiger partial charge in [0.2, 0.25) is 0 Å². The first-order valence-electron chi connectivity index (χ1n) is 6.25. The molecule has 0 aliphatic carbocycles. The summed E-state index contributed by atoms with van der Waals surface area (Å²) < 4.78 is 25.7. The number of nitrogens with one attached hydrogen (secondary N) is 1. The molecule has 1 atom stereocenters. The zero-order valence-corrected chi connectivity index (χ0v) is 10.8. The Labute approximate surface area is 102 Å². The summed E-state index contributed by atoms with van der Waals surface area (Å²) in [6.07, 6.45) is 2.25. The van der Waals surface area contributed by atoms with Crippen molar-refractivity contribution in [3.8, 4) is 0 Å². The van der Waals surface area contributed by atoms with Crippen LogP contribution in [0.3, 0.4) is 0 Å². The Kier molecular flexibility index (Phi) is 5.56. The van der Waals surface area contributed by atoms with Crippen molar-refractivity contribution >= 4 is 0 Å². The van der Waals surface area contributed by atoms with Gasteiger partial charge in [0.15, 0.2) is 11.6 Å².